The maximum atomic E-state index is 6.37. The predicted octanol–water partition coefficient (Wildman–Crippen LogP) is 8.42. The molecule has 1 aliphatic carbocycles. The number of nitrogens with one attached hydrogen (secondary N) is 1. The van der Waals surface area contributed by atoms with Gasteiger partial charge in [0.2, 0.25) is 0 Å². The Bertz CT molecular complexity index is 879. The molecule has 1 fully saturated rings. The molecule has 4 rings (SSSR count). The summed E-state index contributed by atoms with van der Waals surface area (Å²) in [6.45, 7) is 2.08. The predicted molar refractivity (Wildman–Crippen MR) is 125 cm³/mol. The molecule has 0 unspecified atom stereocenters. The Morgan fingerprint density at radius 1 is 0.767 bits per heavy atom. The van der Waals surface area contributed by atoms with Gasteiger partial charge in [-0.25, -0.2) is 4.98 Å². The maximum Gasteiger partial charge on any atom is 0.174 e. The van der Waals surface area contributed by atoms with Gasteiger partial charge < -0.3 is 9.40 Å². The van der Waals surface area contributed by atoms with Crippen molar-refractivity contribution in [2.24, 2.45) is 0 Å². The van der Waals surface area contributed by atoms with Crippen molar-refractivity contribution in [3.63, 3.8) is 0 Å². The standard InChI is InChI=1S/C27H36N2O/c1-21-26(23-17-13-10-14-18-23)29-27(28-21)25-20-19-24(30-25)22-15-11-8-6-4-2-3-5-7-9-12-16-22/h10,13-14,17-20,22H,2-9,11-12,15-16H2,1H3,(H,28,29). The number of benzene rings is 1. The van der Waals surface area contributed by atoms with Crippen molar-refractivity contribution in [1.82, 2.24) is 9.97 Å². The first-order valence-electron chi connectivity index (χ1n) is 12.0. The van der Waals surface area contributed by atoms with E-state index in [1.807, 2.05) is 6.07 Å². The van der Waals surface area contributed by atoms with Crippen LogP contribution in [0, 0.1) is 6.92 Å². The fourth-order valence-corrected chi connectivity index (χ4v) is 4.78. The van der Waals surface area contributed by atoms with Crippen molar-refractivity contribution in [2.45, 2.75) is 89.9 Å². The van der Waals surface area contributed by atoms with Gasteiger partial charge in [-0.3, -0.25) is 0 Å². The molecule has 3 heteroatoms. The molecule has 1 saturated carbocycles. The molecule has 3 nitrogen and oxygen atoms in total. The highest BCUT2D eigenvalue weighted by Gasteiger charge is 2.18. The van der Waals surface area contributed by atoms with E-state index >= 15 is 0 Å². The number of hydrogen-bond acceptors (Lipinski definition) is 2. The minimum atomic E-state index is 0.546. The van der Waals surface area contributed by atoms with E-state index in [1.54, 1.807) is 0 Å². The van der Waals surface area contributed by atoms with Gasteiger partial charge in [-0.1, -0.05) is 94.5 Å². The van der Waals surface area contributed by atoms with E-state index in [2.05, 4.69) is 48.3 Å². The van der Waals surface area contributed by atoms with Crippen LogP contribution in [-0.2, 0) is 0 Å². The van der Waals surface area contributed by atoms with Crippen molar-refractivity contribution in [3.8, 4) is 22.8 Å². The molecule has 0 spiro atoms. The van der Waals surface area contributed by atoms with Gasteiger partial charge in [-0.05, 0) is 31.9 Å². The minimum Gasteiger partial charge on any atom is -0.458 e. The molecule has 0 aliphatic heterocycles. The maximum absolute atomic E-state index is 6.37. The van der Waals surface area contributed by atoms with Crippen LogP contribution in [0.3, 0.4) is 0 Å². The SMILES string of the molecule is Cc1[nH]c(-c2ccc(C3CCCCCCCCCCCC3)o2)nc1-c1ccccc1. The molecule has 0 amide bonds. The molecule has 0 bridgehead atoms. The van der Waals surface area contributed by atoms with Crippen LogP contribution in [0.1, 0.15) is 94.4 Å². The van der Waals surface area contributed by atoms with Gasteiger partial charge in [0.05, 0.1) is 5.69 Å². The van der Waals surface area contributed by atoms with Crippen molar-refractivity contribution in [3.05, 3.63) is 53.9 Å². The molecular weight excluding hydrogens is 368 g/mol. The zero-order valence-electron chi connectivity index (χ0n) is 18.5. The lowest BCUT2D eigenvalue weighted by atomic mass is 9.92. The van der Waals surface area contributed by atoms with Crippen LogP contribution in [0.4, 0.5) is 0 Å². The Morgan fingerprint density at radius 2 is 1.37 bits per heavy atom. The van der Waals surface area contributed by atoms with Gasteiger partial charge in [0.15, 0.2) is 11.6 Å². The van der Waals surface area contributed by atoms with Gasteiger partial charge in [0.25, 0.3) is 0 Å². The summed E-state index contributed by atoms with van der Waals surface area (Å²) in [5.74, 6) is 3.39. The molecule has 0 atom stereocenters. The molecule has 160 valence electrons. The molecule has 1 aromatic carbocycles. The molecular formula is C27H36N2O. The average Bonchev–Trinajstić information content (AvgIpc) is 3.40. The molecule has 2 aromatic heterocycles. The highest BCUT2D eigenvalue weighted by Crippen LogP contribution is 2.33. The molecule has 0 saturated heterocycles. The van der Waals surface area contributed by atoms with Crippen LogP contribution in [0.25, 0.3) is 22.8 Å². The van der Waals surface area contributed by atoms with Gasteiger partial charge in [0, 0.05) is 17.2 Å². The highest BCUT2D eigenvalue weighted by atomic mass is 16.3. The summed E-state index contributed by atoms with van der Waals surface area (Å²) in [6.07, 6.45) is 16.3. The number of nitrogens with zero attached hydrogens (tertiary/aromatic N) is 1. The van der Waals surface area contributed by atoms with Crippen molar-refractivity contribution in [1.29, 1.82) is 0 Å². The lowest BCUT2D eigenvalue weighted by molar-refractivity contribution is 0.412. The molecule has 0 radical (unpaired) electrons. The third kappa shape index (κ3) is 5.44. The summed E-state index contributed by atoms with van der Waals surface area (Å²) < 4.78 is 6.37. The van der Waals surface area contributed by atoms with Gasteiger partial charge in [-0.15, -0.1) is 0 Å². The van der Waals surface area contributed by atoms with Crippen LogP contribution < -0.4 is 0 Å². The summed E-state index contributed by atoms with van der Waals surface area (Å²) in [7, 11) is 0. The highest BCUT2D eigenvalue weighted by molar-refractivity contribution is 5.65. The number of aryl methyl sites for hydroxylation is 1. The van der Waals surface area contributed by atoms with Gasteiger partial charge in [0.1, 0.15) is 5.76 Å². The lowest BCUT2D eigenvalue weighted by Crippen LogP contribution is -1.98. The van der Waals surface area contributed by atoms with Gasteiger partial charge >= 0.3 is 0 Å². The van der Waals surface area contributed by atoms with Crippen LogP contribution in [0.15, 0.2) is 46.9 Å². The Kier molecular flexibility index (Phi) is 7.44. The van der Waals surface area contributed by atoms with E-state index in [9.17, 15) is 0 Å². The number of aromatic amines is 1. The Labute approximate surface area is 181 Å². The summed E-state index contributed by atoms with van der Waals surface area (Å²) in [5.41, 5.74) is 3.22. The fraction of sp³-hybridized carbons (Fsp3) is 0.519. The smallest absolute Gasteiger partial charge is 0.174 e. The number of imidazole rings is 1. The first kappa shape index (κ1) is 21.0. The molecule has 2 heterocycles. The Balaban J connectivity index is 1.48. The summed E-state index contributed by atoms with van der Waals surface area (Å²) in [4.78, 5) is 8.29. The van der Waals surface area contributed by atoms with E-state index in [4.69, 9.17) is 9.40 Å². The summed E-state index contributed by atoms with van der Waals surface area (Å²) in [6, 6.07) is 14.7. The Hall–Kier alpha value is -2.29. The van der Waals surface area contributed by atoms with Crippen LogP contribution in [0.5, 0.6) is 0 Å². The monoisotopic (exact) mass is 404 g/mol. The molecule has 30 heavy (non-hydrogen) atoms. The molecule has 3 aromatic rings. The van der Waals surface area contributed by atoms with E-state index in [0.29, 0.717) is 5.92 Å². The minimum absolute atomic E-state index is 0.546. The second-order valence-corrected chi connectivity index (χ2v) is 8.94. The number of furan rings is 1. The van der Waals surface area contributed by atoms with E-state index < -0.39 is 0 Å². The third-order valence-electron chi connectivity index (χ3n) is 6.55. The van der Waals surface area contributed by atoms with Crippen molar-refractivity contribution in [2.75, 3.05) is 0 Å². The topological polar surface area (TPSA) is 41.8 Å². The fourth-order valence-electron chi connectivity index (χ4n) is 4.78. The second kappa shape index (κ2) is 10.7. The van der Waals surface area contributed by atoms with Crippen molar-refractivity contribution >= 4 is 0 Å². The zero-order valence-corrected chi connectivity index (χ0v) is 18.5. The first-order chi connectivity index (χ1) is 14.8. The lowest BCUT2D eigenvalue weighted by Gasteiger charge is -2.14. The number of hydrogen-bond donors (Lipinski definition) is 1. The van der Waals surface area contributed by atoms with E-state index in [0.717, 1.165) is 34.3 Å². The molecule has 1 aliphatic rings. The number of rotatable bonds is 3. The summed E-state index contributed by atoms with van der Waals surface area (Å²) in [5, 5.41) is 0. The normalized spacial score (nSPS) is 17.8. The zero-order chi connectivity index (χ0) is 20.6. The van der Waals surface area contributed by atoms with E-state index in [1.165, 1.54) is 77.0 Å². The summed E-state index contributed by atoms with van der Waals surface area (Å²) >= 11 is 0. The van der Waals surface area contributed by atoms with Crippen LogP contribution in [-0.4, -0.2) is 9.97 Å². The average molecular weight is 405 g/mol. The largest absolute Gasteiger partial charge is 0.458 e. The van der Waals surface area contributed by atoms with E-state index in [-0.39, 0.29) is 0 Å². The molecule has 1 N–H and O–H groups in total. The quantitative estimate of drug-likeness (QED) is 0.476. The second-order valence-electron chi connectivity index (χ2n) is 8.94. The van der Waals surface area contributed by atoms with Gasteiger partial charge in [-0.2, -0.15) is 0 Å². The number of aromatic nitrogens is 2. The third-order valence-corrected chi connectivity index (χ3v) is 6.55. The number of H-pyrrole nitrogens is 1. The first-order valence-corrected chi connectivity index (χ1v) is 12.0. The Morgan fingerprint density at radius 3 is 2.00 bits per heavy atom. The van der Waals surface area contributed by atoms with Crippen molar-refractivity contribution < 1.29 is 4.42 Å². The van der Waals surface area contributed by atoms with Crippen LogP contribution >= 0.6 is 0 Å². The van der Waals surface area contributed by atoms with Crippen LogP contribution in [0.2, 0.25) is 0 Å².